The van der Waals surface area contributed by atoms with Crippen molar-refractivity contribution in [2.75, 3.05) is 5.32 Å². The summed E-state index contributed by atoms with van der Waals surface area (Å²) in [5.74, 6) is 0. The number of benzene rings is 1. The lowest BCUT2D eigenvalue weighted by Gasteiger charge is -2.10. The van der Waals surface area contributed by atoms with Gasteiger partial charge in [0.15, 0.2) is 0 Å². The molecular weight excluding hydrogens is 170 g/mol. The summed E-state index contributed by atoms with van der Waals surface area (Å²) in [6.07, 6.45) is 0. The molecule has 0 aliphatic carbocycles. The topological polar surface area (TPSA) is 12.0 Å². The van der Waals surface area contributed by atoms with E-state index in [0.29, 0.717) is 6.04 Å². The first-order valence-electron chi connectivity index (χ1n) is 4.11. The van der Waals surface area contributed by atoms with Crippen molar-refractivity contribution in [1.82, 2.24) is 0 Å². The van der Waals surface area contributed by atoms with Crippen molar-refractivity contribution < 1.29 is 0 Å². The van der Waals surface area contributed by atoms with Gasteiger partial charge in [-0.15, -0.1) is 0 Å². The molecule has 0 aliphatic rings. The molecule has 0 aliphatic heterocycles. The zero-order valence-corrected chi connectivity index (χ0v) is 8.44. The Morgan fingerprint density at radius 3 is 2.42 bits per heavy atom. The molecule has 0 heterocycles. The average Bonchev–Trinajstić information content (AvgIpc) is 1.81. The number of hydrogen-bond donors (Lipinski definition) is 1. The van der Waals surface area contributed by atoms with Gasteiger partial charge in [-0.05, 0) is 44.5 Å². The second-order valence-electron chi connectivity index (χ2n) is 3.32. The van der Waals surface area contributed by atoms with E-state index in [9.17, 15) is 0 Å². The molecule has 1 nitrogen and oxygen atoms in total. The third kappa shape index (κ3) is 2.74. The van der Waals surface area contributed by atoms with Crippen LogP contribution in [0, 0.1) is 6.92 Å². The number of hydrogen-bond acceptors (Lipinski definition) is 1. The highest BCUT2D eigenvalue weighted by molar-refractivity contribution is 6.30. The third-order valence-electron chi connectivity index (χ3n) is 1.50. The van der Waals surface area contributed by atoms with Crippen molar-refractivity contribution >= 4 is 17.3 Å². The van der Waals surface area contributed by atoms with Crippen LogP contribution in [-0.4, -0.2) is 6.04 Å². The highest BCUT2D eigenvalue weighted by Gasteiger charge is 1.97. The smallest absolute Gasteiger partial charge is 0.0429 e. The Hall–Kier alpha value is -0.690. The molecule has 0 amide bonds. The minimum Gasteiger partial charge on any atom is -0.383 e. The maximum Gasteiger partial charge on any atom is 0.0429 e. The summed E-state index contributed by atoms with van der Waals surface area (Å²) in [7, 11) is 0. The van der Waals surface area contributed by atoms with Crippen LogP contribution >= 0.6 is 11.6 Å². The Morgan fingerprint density at radius 1 is 1.25 bits per heavy atom. The molecule has 0 atom stereocenters. The SMILES string of the molecule is Cc1cc(Cl)cc(NC(C)C)c1. The van der Waals surface area contributed by atoms with Gasteiger partial charge >= 0.3 is 0 Å². The van der Waals surface area contributed by atoms with Crippen LogP contribution in [0.4, 0.5) is 5.69 Å². The molecule has 1 rings (SSSR count). The summed E-state index contributed by atoms with van der Waals surface area (Å²) < 4.78 is 0. The van der Waals surface area contributed by atoms with Gasteiger partial charge in [-0.2, -0.15) is 0 Å². The summed E-state index contributed by atoms with van der Waals surface area (Å²) in [5.41, 5.74) is 2.28. The maximum atomic E-state index is 5.89. The molecule has 0 radical (unpaired) electrons. The van der Waals surface area contributed by atoms with E-state index in [2.05, 4.69) is 25.2 Å². The van der Waals surface area contributed by atoms with E-state index in [0.717, 1.165) is 10.7 Å². The highest BCUT2D eigenvalue weighted by Crippen LogP contribution is 2.18. The maximum absolute atomic E-state index is 5.89. The lowest BCUT2D eigenvalue weighted by Crippen LogP contribution is -2.09. The van der Waals surface area contributed by atoms with Gasteiger partial charge in [0.2, 0.25) is 0 Å². The van der Waals surface area contributed by atoms with Crippen LogP contribution in [0.25, 0.3) is 0 Å². The van der Waals surface area contributed by atoms with Crippen molar-refractivity contribution in [3.8, 4) is 0 Å². The van der Waals surface area contributed by atoms with Gasteiger partial charge in [0.05, 0.1) is 0 Å². The fraction of sp³-hybridized carbons (Fsp3) is 0.400. The van der Waals surface area contributed by atoms with Gasteiger partial charge < -0.3 is 5.32 Å². The zero-order chi connectivity index (χ0) is 9.14. The summed E-state index contributed by atoms with van der Waals surface area (Å²) in [6.45, 7) is 6.25. The molecule has 2 heteroatoms. The van der Waals surface area contributed by atoms with E-state index in [1.807, 2.05) is 19.1 Å². The second-order valence-corrected chi connectivity index (χ2v) is 3.75. The fourth-order valence-electron chi connectivity index (χ4n) is 1.15. The van der Waals surface area contributed by atoms with E-state index in [4.69, 9.17) is 11.6 Å². The van der Waals surface area contributed by atoms with E-state index in [1.54, 1.807) is 0 Å². The molecule has 0 fully saturated rings. The van der Waals surface area contributed by atoms with Gasteiger partial charge in [-0.3, -0.25) is 0 Å². The zero-order valence-electron chi connectivity index (χ0n) is 7.69. The van der Waals surface area contributed by atoms with E-state index in [-0.39, 0.29) is 0 Å². The average molecular weight is 184 g/mol. The Bertz CT molecular complexity index is 248. The van der Waals surface area contributed by atoms with Gasteiger partial charge in [0.1, 0.15) is 0 Å². The monoisotopic (exact) mass is 183 g/mol. The lowest BCUT2D eigenvalue weighted by atomic mass is 10.2. The number of anilines is 1. The molecule has 1 aromatic rings. The summed E-state index contributed by atoms with van der Waals surface area (Å²) in [4.78, 5) is 0. The van der Waals surface area contributed by atoms with Gasteiger partial charge in [-0.25, -0.2) is 0 Å². The molecule has 0 bridgehead atoms. The molecule has 12 heavy (non-hydrogen) atoms. The Labute approximate surface area is 78.7 Å². The van der Waals surface area contributed by atoms with Crippen molar-refractivity contribution in [1.29, 1.82) is 0 Å². The third-order valence-corrected chi connectivity index (χ3v) is 1.72. The number of halogens is 1. The largest absolute Gasteiger partial charge is 0.383 e. The molecular formula is C10H14ClN. The summed E-state index contributed by atoms with van der Waals surface area (Å²) in [5, 5.41) is 4.09. The lowest BCUT2D eigenvalue weighted by molar-refractivity contribution is 0.899. The first kappa shape index (κ1) is 9.40. The summed E-state index contributed by atoms with van der Waals surface area (Å²) in [6, 6.07) is 6.43. The molecule has 0 spiro atoms. The highest BCUT2D eigenvalue weighted by atomic mass is 35.5. The van der Waals surface area contributed by atoms with Crippen LogP contribution in [0.1, 0.15) is 19.4 Å². The predicted octanol–water partition coefficient (Wildman–Crippen LogP) is 3.47. The van der Waals surface area contributed by atoms with Gasteiger partial charge in [0, 0.05) is 16.8 Å². The number of nitrogens with one attached hydrogen (secondary N) is 1. The Kier molecular flexibility index (Phi) is 2.99. The van der Waals surface area contributed by atoms with Crippen LogP contribution in [0.3, 0.4) is 0 Å². The number of rotatable bonds is 2. The second kappa shape index (κ2) is 3.81. The van der Waals surface area contributed by atoms with Crippen LogP contribution in [0.2, 0.25) is 5.02 Å². The molecule has 0 saturated carbocycles. The van der Waals surface area contributed by atoms with Crippen molar-refractivity contribution in [3.63, 3.8) is 0 Å². The van der Waals surface area contributed by atoms with Gasteiger partial charge in [-0.1, -0.05) is 11.6 Å². The van der Waals surface area contributed by atoms with Gasteiger partial charge in [0.25, 0.3) is 0 Å². The van der Waals surface area contributed by atoms with Crippen LogP contribution < -0.4 is 5.32 Å². The molecule has 0 aromatic heterocycles. The predicted molar refractivity (Wildman–Crippen MR) is 54.9 cm³/mol. The minimum absolute atomic E-state index is 0.447. The van der Waals surface area contributed by atoms with Crippen molar-refractivity contribution in [3.05, 3.63) is 28.8 Å². The Morgan fingerprint density at radius 2 is 1.92 bits per heavy atom. The van der Waals surface area contributed by atoms with Crippen LogP contribution in [-0.2, 0) is 0 Å². The van der Waals surface area contributed by atoms with Crippen molar-refractivity contribution in [2.24, 2.45) is 0 Å². The minimum atomic E-state index is 0.447. The molecule has 1 N–H and O–H groups in total. The van der Waals surface area contributed by atoms with E-state index in [1.165, 1.54) is 5.56 Å². The molecule has 0 saturated heterocycles. The standard InChI is InChI=1S/C10H14ClN/c1-7(2)12-10-5-8(3)4-9(11)6-10/h4-7,12H,1-3H3. The first-order valence-corrected chi connectivity index (χ1v) is 4.49. The quantitative estimate of drug-likeness (QED) is 0.741. The van der Waals surface area contributed by atoms with E-state index < -0.39 is 0 Å². The fourth-order valence-corrected chi connectivity index (χ4v) is 1.44. The first-order chi connectivity index (χ1) is 5.58. The van der Waals surface area contributed by atoms with E-state index >= 15 is 0 Å². The van der Waals surface area contributed by atoms with Crippen LogP contribution in [0.15, 0.2) is 18.2 Å². The molecule has 1 aromatic carbocycles. The number of aryl methyl sites for hydroxylation is 1. The normalized spacial score (nSPS) is 10.4. The molecule has 66 valence electrons. The summed E-state index contributed by atoms with van der Waals surface area (Å²) >= 11 is 5.89. The Balaban J connectivity index is 2.85. The van der Waals surface area contributed by atoms with Crippen molar-refractivity contribution in [2.45, 2.75) is 26.8 Å². The molecule has 0 unspecified atom stereocenters. The van der Waals surface area contributed by atoms with Crippen LogP contribution in [0.5, 0.6) is 0 Å².